The van der Waals surface area contributed by atoms with Crippen LogP contribution in [-0.4, -0.2) is 49.1 Å². The number of hydrogen-bond donors (Lipinski definition) is 0. The topological polar surface area (TPSA) is 45.7 Å². The van der Waals surface area contributed by atoms with Gasteiger partial charge in [-0.1, -0.05) is 18.3 Å². The number of thiazole rings is 1. The van der Waals surface area contributed by atoms with Crippen molar-refractivity contribution in [2.24, 2.45) is 11.8 Å². The predicted octanol–water partition coefficient (Wildman–Crippen LogP) is 3.00. The van der Waals surface area contributed by atoms with E-state index in [1.54, 1.807) is 18.4 Å². The first kappa shape index (κ1) is 15.7. The third-order valence-corrected chi connectivity index (χ3v) is 6.28. The number of likely N-dealkylation sites (tertiary alicyclic amines) is 1. The Hall–Kier alpha value is -1.82. The van der Waals surface area contributed by atoms with E-state index >= 15 is 0 Å². The summed E-state index contributed by atoms with van der Waals surface area (Å²) in [6.07, 6.45) is 2.28. The Morgan fingerprint density at radius 1 is 1.29 bits per heavy atom. The lowest BCUT2D eigenvalue weighted by molar-refractivity contribution is -0.137. The number of nitrogens with zero attached hydrogens (tertiary/aromatic N) is 3. The second-order valence-electron chi connectivity index (χ2n) is 6.94. The summed E-state index contributed by atoms with van der Waals surface area (Å²) in [6, 6.07) is 5.98. The summed E-state index contributed by atoms with van der Waals surface area (Å²) < 4.78 is 6.41. The summed E-state index contributed by atoms with van der Waals surface area (Å²) in [7, 11) is 1.67. The average molecular weight is 345 g/mol. The Bertz CT molecular complexity index is 746. The minimum Gasteiger partial charge on any atom is -0.497 e. The first-order valence-corrected chi connectivity index (χ1v) is 9.44. The third kappa shape index (κ3) is 2.83. The molecule has 0 unspecified atom stereocenters. The van der Waals surface area contributed by atoms with Crippen molar-refractivity contribution in [1.29, 1.82) is 0 Å². The molecule has 2 aliphatic heterocycles. The second-order valence-corrected chi connectivity index (χ2v) is 7.95. The number of aromatic nitrogens is 1. The van der Waals surface area contributed by atoms with Crippen LogP contribution in [0.25, 0.3) is 10.2 Å². The third-order valence-electron chi connectivity index (χ3n) is 5.18. The lowest BCUT2D eigenvalue weighted by atomic mass is 9.95. The molecule has 2 aliphatic rings. The van der Waals surface area contributed by atoms with Gasteiger partial charge in [0.25, 0.3) is 0 Å². The molecule has 0 bridgehead atoms. The summed E-state index contributed by atoms with van der Waals surface area (Å²) in [4.78, 5) is 21.6. The number of anilines is 1. The first-order chi connectivity index (χ1) is 11.6. The number of ether oxygens (including phenoxy) is 1. The predicted molar refractivity (Wildman–Crippen MR) is 96.9 cm³/mol. The summed E-state index contributed by atoms with van der Waals surface area (Å²) >= 11 is 1.68. The highest BCUT2D eigenvalue weighted by Crippen LogP contribution is 2.35. The Kier molecular flexibility index (Phi) is 4.08. The van der Waals surface area contributed by atoms with Crippen molar-refractivity contribution in [3.63, 3.8) is 0 Å². The molecular formula is C18H23N3O2S. The van der Waals surface area contributed by atoms with Crippen molar-refractivity contribution in [2.45, 2.75) is 19.8 Å². The molecule has 6 heteroatoms. The number of benzene rings is 1. The molecule has 0 aliphatic carbocycles. The van der Waals surface area contributed by atoms with Gasteiger partial charge in [-0.25, -0.2) is 4.98 Å². The summed E-state index contributed by atoms with van der Waals surface area (Å²) in [5, 5.41) is 1.01. The molecule has 1 amide bonds. The zero-order valence-corrected chi connectivity index (χ0v) is 15.0. The van der Waals surface area contributed by atoms with Gasteiger partial charge in [-0.3, -0.25) is 4.79 Å². The number of carbonyl (C=O) groups excluding carboxylic acids is 1. The first-order valence-electron chi connectivity index (χ1n) is 8.62. The van der Waals surface area contributed by atoms with Gasteiger partial charge >= 0.3 is 0 Å². The van der Waals surface area contributed by atoms with E-state index < -0.39 is 0 Å². The van der Waals surface area contributed by atoms with Crippen LogP contribution >= 0.6 is 11.3 Å². The second kappa shape index (κ2) is 6.24. The zero-order chi connectivity index (χ0) is 16.7. The molecule has 0 spiro atoms. The van der Waals surface area contributed by atoms with Crippen LogP contribution in [0, 0.1) is 11.8 Å². The molecule has 128 valence electrons. The number of methoxy groups -OCH3 is 1. The molecule has 1 aromatic carbocycles. The fourth-order valence-electron chi connectivity index (χ4n) is 3.44. The number of piperidine rings is 1. The van der Waals surface area contributed by atoms with Crippen LogP contribution in [0.4, 0.5) is 5.13 Å². The van der Waals surface area contributed by atoms with Crippen molar-refractivity contribution in [3.8, 4) is 5.75 Å². The number of amides is 1. The largest absolute Gasteiger partial charge is 0.497 e. The van der Waals surface area contributed by atoms with E-state index in [1.807, 2.05) is 18.2 Å². The van der Waals surface area contributed by atoms with Crippen LogP contribution in [0.15, 0.2) is 18.2 Å². The Balaban J connectivity index is 1.39. The van der Waals surface area contributed by atoms with Crippen molar-refractivity contribution in [2.75, 3.05) is 38.2 Å². The van der Waals surface area contributed by atoms with Gasteiger partial charge in [0.15, 0.2) is 5.13 Å². The van der Waals surface area contributed by atoms with Crippen molar-refractivity contribution < 1.29 is 9.53 Å². The van der Waals surface area contributed by atoms with E-state index in [0.29, 0.717) is 5.91 Å². The van der Waals surface area contributed by atoms with Gasteiger partial charge in [0, 0.05) is 32.2 Å². The van der Waals surface area contributed by atoms with Crippen molar-refractivity contribution >= 4 is 32.6 Å². The maximum atomic E-state index is 12.6. The van der Waals surface area contributed by atoms with E-state index in [2.05, 4.69) is 16.7 Å². The fraction of sp³-hybridized carbons (Fsp3) is 0.556. The van der Waals surface area contributed by atoms with Crippen LogP contribution in [0.1, 0.15) is 19.8 Å². The van der Waals surface area contributed by atoms with E-state index in [0.717, 1.165) is 66.0 Å². The lowest BCUT2D eigenvalue weighted by Gasteiger charge is -2.41. The van der Waals surface area contributed by atoms with Crippen LogP contribution in [0.5, 0.6) is 5.75 Å². The zero-order valence-electron chi connectivity index (χ0n) is 14.2. The molecule has 0 N–H and O–H groups in total. The van der Waals surface area contributed by atoms with Gasteiger partial charge in [0.1, 0.15) is 5.75 Å². The van der Waals surface area contributed by atoms with E-state index in [-0.39, 0.29) is 5.92 Å². The smallest absolute Gasteiger partial charge is 0.229 e. The van der Waals surface area contributed by atoms with Gasteiger partial charge < -0.3 is 14.5 Å². The number of carbonyl (C=O) groups is 1. The monoisotopic (exact) mass is 345 g/mol. The summed E-state index contributed by atoms with van der Waals surface area (Å²) in [6.45, 7) is 5.72. The summed E-state index contributed by atoms with van der Waals surface area (Å²) in [5.74, 6) is 2.06. The highest BCUT2D eigenvalue weighted by Gasteiger charge is 2.37. The van der Waals surface area contributed by atoms with Gasteiger partial charge in [0.05, 0.1) is 23.2 Å². The molecule has 24 heavy (non-hydrogen) atoms. The Labute approximate surface area is 146 Å². The molecule has 0 radical (unpaired) electrons. The number of fused-ring (bicyclic) bond motifs is 1. The average Bonchev–Trinajstić information content (AvgIpc) is 2.96. The van der Waals surface area contributed by atoms with E-state index in [1.165, 1.54) is 0 Å². The van der Waals surface area contributed by atoms with Gasteiger partial charge in [0.2, 0.25) is 5.91 Å². The minimum atomic E-state index is 0.139. The maximum Gasteiger partial charge on any atom is 0.229 e. The highest BCUT2D eigenvalue weighted by atomic mass is 32.1. The molecule has 1 aromatic heterocycles. The maximum absolute atomic E-state index is 12.6. The van der Waals surface area contributed by atoms with Crippen LogP contribution in [-0.2, 0) is 4.79 Å². The molecule has 0 saturated carbocycles. The molecule has 2 saturated heterocycles. The highest BCUT2D eigenvalue weighted by molar-refractivity contribution is 7.22. The van der Waals surface area contributed by atoms with Crippen molar-refractivity contribution in [1.82, 2.24) is 9.88 Å². The van der Waals surface area contributed by atoms with E-state index in [4.69, 9.17) is 9.72 Å². The SMILES string of the molecule is COc1ccc2sc(N3CC(C(=O)N4CCC(C)CC4)C3)nc2c1. The van der Waals surface area contributed by atoms with Gasteiger partial charge in [-0.2, -0.15) is 0 Å². The molecule has 4 rings (SSSR count). The molecule has 0 atom stereocenters. The Morgan fingerprint density at radius 2 is 2.04 bits per heavy atom. The molecular weight excluding hydrogens is 322 g/mol. The standard InChI is InChI=1S/C18H23N3O2S/c1-12-5-7-20(8-6-12)17(22)13-10-21(11-13)18-19-15-9-14(23-2)3-4-16(15)24-18/h3-4,9,12-13H,5-8,10-11H2,1-2H3. The fourth-order valence-corrected chi connectivity index (χ4v) is 4.40. The quantitative estimate of drug-likeness (QED) is 0.858. The van der Waals surface area contributed by atoms with Gasteiger partial charge in [-0.15, -0.1) is 0 Å². The molecule has 3 heterocycles. The number of hydrogen-bond acceptors (Lipinski definition) is 5. The lowest BCUT2D eigenvalue weighted by Crippen LogP contribution is -2.55. The van der Waals surface area contributed by atoms with Crippen molar-refractivity contribution in [3.05, 3.63) is 18.2 Å². The Morgan fingerprint density at radius 3 is 2.75 bits per heavy atom. The van der Waals surface area contributed by atoms with Crippen LogP contribution < -0.4 is 9.64 Å². The normalized spacial score (nSPS) is 19.6. The summed E-state index contributed by atoms with van der Waals surface area (Å²) in [5.41, 5.74) is 0.967. The minimum absolute atomic E-state index is 0.139. The van der Waals surface area contributed by atoms with E-state index in [9.17, 15) is 4.79 Å². The molecule has 2 aromatic rings. The molecule has 2 fully saturated rings. The van der Waals surface area contributed by atoms with Crippen LogP contribution in [0.3, 0.4) is 0 Å². The van der Waals surface area contributed by atoms with Gasteiger partial charge in [-0.05, 0) is 30.9 Å². The van der Waals surface area contributed by atoms with Crippen LogP contribution in [0.2, 0.25) is 0 Å². The molecule has 5 nitrogen and oxygen atoms in total. The number of rotatable bonds is 3.